The van der Waals surface area contributed by atoms with Crippen LogP contribution in [0.2, 0.25) is 0 Å². The monoisotopic (exact) mass is 348 g/mol. The lowest BCUT2D eigenvalue weighted by molar-refractivity contribution is -0.264. The third kappa shape index (κ3) is 1.87. The van der Waals surface area contributed by atoms with Crippen molar-refractivity contribution in [2.75, 3.05) is 0 Å². The van der Waals surface area contributed by atoms with E-state index in [-0.39, 0.29) is 24.0 Å². The van der Waals surface area contributed by atoms with Crippen molar-refractivity contribution in [3.05, 3.63) is 23.5 Å². The predicted octanol–water partition coefficient (Wildman–Crippen LogP) is 1.87. The number of hydrogen-bond acceptors (Lipinski definition) is 6. The van der Waals surface area contributed by atoms with Gasteiger partial charge in [-0.3, -0.25) is 9.59 Å². The maximum absolute atomic E-state index is 12.8. The van der Waals surface area contributed by atoms with Crippen molar-refractivity contribution >= 4 is 11.8 Å². The molecule has 6 atom stereocenters. The molecule has 1 N–H and O–H groups in total. The molecule has 4 heterocycles. The maximum atomic E-state index is 12.8. The SMILES string of the molecule is C/C1=C/[C@H]2OC(=O)[C@@]3(C)[C@@H]2[C@H](C[C@]2(C)OC1=CC2=O)O[C@]3(O)C(C)C. The molecule has 2 bridgehead atoms. The summed E-state index contributed by atoms with van der Waals surface area (Å²) in [4.78, 5) is 25.3. The second-order valence-corrected chi connectivity index (χ2v) is 8.37. The van der Waals surface area contributed by atoms with Gasteiger partial charge < -0.3 is 19.3 Å². The van der Waals surface area contributed by atoms with Crippen molar-refractivity contribution in [2.45, 2.75) is 64.6 Å². The predicted molar refractivity (Wildman–Crippen MR) is 87.1 cm³/mol. The molecule has 0 radical (unpaired) electrons. The molecule has 25 heavy (non-hydrogen) atoms. The van der Waals surface area contributed by atoms with Gasteiger partial charge in [0, 0.05) is 24.3 Å². The van der Waals surface area contributed by atoms with Gasteiger partial charge in [0.25, 0.3) is 0 Å². The van der Waals surface area contributed by atoms with Crippen LogP contribution in [-0.2, 0) is 23.8 Å². The van der Waals surface area contributed by atoms with Crippen LogP contribution in [0.25, 0.3) is 0 Å². The first kappa shape index (κ1) is 16.8. The molecule has 2 saturated heterocycles. The van der Waals surface area contributed by atoms with Gasteiger partial charge in [-0.15, -0.1) is 0 Å². The Bertz CT molecular complexity index is 736. The van der Waals surface area contributed by atoms with Gasteiger partial charge in [0.05, 0.1) is 6.10 Å². The first-order chi connectivity index (χ1) is 11.5. The molecule has 0 aromatic carbocycles. The van der Waals surface area contributed by atoms with Crippen LogP contribution >= 0.6 is 0 Å². The molecule has 0 spiro atoms. The van der Waals surface area contributed by atoms with Gasteiger partial charge in [0.2, 0.25) is 5.78 Å². The molecule has 6 nitrogen and oxygen atoms in total. The van der Waals surface area contributed by atoms with Crippen molar-refractivity contribution in [1.82, 2.24) is 0 Å². The van der Waals surface area contributed by atoms with Crippen LogP contribution in [0.1, 0.15) is 41.0 Å². The molecule has 0 aliphatic carbocycles. The largest absolute Gasteiger partial charge is 0.479 e. The third-order valence-electron chi connectivity index (χ3n) is 6.46. The number of hydrogen-bond donors (Lipinski definition) is 1. The molecule has 2 fully saturated rings. The van der Waals surface area contributed by atoms with E-state index in [1.54, 1.807) is 13.8 Å². The van der Waals surface area contributed by atoms with Crippen molar-refractivity contribution < 1.29 is 28.9 Å². The Labute approximate surface area is 146 Å². The number of aliphatic hydroxyl groups is 1. The minimum atomic E-state index is -1.65. The van der Waals surface area contributed by atoms with E-state index in [9.17, 15) is 14.7 Å². The second-order valence-electron chi connectivity index (χ2n) is 8.37. The van der Waals surface area contributed by atoms with E-state index in [1.807, 2.05) is 26.8 Å². The van der Waals surface area contributed by atoms with Gasteiger partial charge in [-0.2, -0.15) is 0 Å². The Morgan fingerprint density at radius 2 is 1.96 bits per heavy atom. The number of ether oxygens (including phenoxy) is 3. The summed E-state index contributed by atoms with van der Waals surface area (Å²) in [7, 11) is 0. The number of rotatable bonds is 1. The number of carbonyl (C=O) groups is 2. The molecule has 4 rings (SSSR count). The molecule has 4 aliphatic heterocycles. The number of esters is 1. The molecular weight excluding hydrogens is 324 g/mol. The van der Waals surface area contributed by atoms with E-state index in [1.165, 1.54) is 6.08 Å². The average molecular weight is 348 g/mol. The van der Waals surface area contributed by atoms with Crippen LogP contribution in [-0.4, -0.2) is 40.5 Å². The number of allylic oxidation sites excluding steroid dienone is 1. The van der Waals surface area contributed by atoms with Crippen LogP contribution in [0.15, 0.2) is 23.5 Å². The molecule has 136 valence electrons. The zero-order valence-corrected chi connectivity index (χ0v) is 15.2. The minimum absolute atomic E-state index is 0.121. The summed E-state index contributed by atoms with van der Waals surface area (Å²) in [5.41, 5.74) is -1.50. The minimum Gasteiger partial charge on any atom is -0.479 e. The molecule has 0 aromatic rings. The lowest BCUT2D eigenvalue weighted by atomic mass is 9.66. The summed E-state index contributed by atoms with van der Waals surface area (Å²) in [6.45, 7) is 8.91. The van der Waals surface area contributed by atoms with Gasteiger partial charge in [-0.25, -0.2) is 0 Å². The van der Waals surface area contributed by atoms with Gasteiger partial charge in [-0.1, -0.05) is 13.8 Å². The van der Waals surface area contributed by atoms with E-state index in [0.717, 1.165) is 5.57 Å². The Kier molecular flexibility index (Phi) is 3.18. The van der Waals surface area contributed by atoms with Crippen LogP contribution in [0.5, 0.6) is 0 Å². The molecule has 0 saturated carbocycles. The summed E-state index contributed by atoms with van der Waals surface area (Å²) in [5.74, 6) is -2.41. The highest BCUT2D eigenvalue weighted by atomic mass is 16.7. The zero-order valence-electron chi connectivity index (χ0n) is 15.2. The van der Waals surface area contributed by atoms with E-state index in [0.29, 0.717) is 5.76 Å². The molecule has 0 amide bonds. The highest BCUT2D eigenvalue weighted by Gasteiger charge is 2.74. The lowest BCUT2D eigenvalue weighted by Gasteiger charge is -2.37. The number of ketones is 1. The lowest BCUT2D eigenvalue weighted by Crippen LogP contribution is -2.52. The first-order valence-electron chi connectivity index (χ1n) is 8.78. The third-order valence-corrected chi connectivity index (χ3v) is 6.46. The standard InChI is InChI=1S/C19H24O6/c1-9(2)19(22)18(5)15-12(23-16(18)21)6-10(3)11-7-14(20)17(4,24-11)8-13(15)25-19/h6-7,9,12-13,15,22H,8H2,1-5H3/b10-6-/t12-,13+,15+,17+,18-,19-/m1/s1. The Hall–Kier alpha value is -1.66. The highest BCUT2D eigenvalue weighted by molar-refractivity contribution is 6.00. The van der Waals surface area contributed by atoms with Crippen LogP contribution in [0.3, 0.4) is 0 Å². The van der Waals surface area contributed by atoms with Gasteiger partial charge in [0.15, 0.2) is 11.4 Å². The van der Waals surface area contributed by atoms with Crippen molar-refractivity contribution in [3.8, 4) is 0 Å². The Morgan fingerprint density at radius 3 is 2.60 bits per heavy atom. The van der Waals surface area contributed by atoms with Gasteiger partial charge in [0.1, 0.15) is 17.3 Å². The van der Waals surface area contributed by atoms with E-state index >= 15 is 0 Å². The van der Waals surface area contributed by atoms with Crippen molar-refractivity contribution in [1.29, 1.82) is 0 Å². The molecule has 6 heteroatoms. The maximum Gasteiger partial charge on any atom is 0.318 e. The fourth-order valence-corrected chi connectivity index (χ4v) is 4.86. The normalized spacial score (nSPS) is 50.3. The Balaban J connectivity index is 1.89. The van der Waals surface area contributed by atoms with Crippen LogP contribution < -0.4 is 0 Å². The molecule has 0 aromatic heterocycles. The van der Waals surface area contributed by atoms with Crippen molar-refractivity contribution in [3.63, 3.8) is 0 Å². The average Bonchev–Trinajstić information content (AvgIpc) is 3.03. The van der Waals surface area contributed by atoms with E-state index in [4.69, 9.17) is 14.2 Å². The fraction of sp³-hybridized carbons (Fsp3) is 0.684. The number of carbonyl (C=O) groups excluding carboxylic acids is 2. The van der Waals surface area contributed by atoms with E-state index in [2.05, 4.69) is 0 Å². The van der Waals surface area contributed by atoms with Gasteiger partial charge in [-0.05, 0) is 32.4 Å². The molecular formula is C19H24O6. The smallest absolute Gasteiger partial charge is 0.318 e. The second kappa shape index (κ2) is 4.74. The van der Waals surface area contributed by atoms with Crippen molar-refractivity contribution in [2.24, 2.45) is 17.3 Å². The fourth-order valence-electron chi connectivity index (χ4n) is 4.86. The summed E-state index contributed by atoms with van der Waals surface area (Å²) in [5, 5.41) is 11.3. The first-order valence-corrected chi connectivity index (χ1v) is 8.78. The summed E-state index contributed by atoms with van der Waals surface area (Å²) >= 11 is 0. The molecule has 0 unspecified atom stereocenters. The zero-order chi connectivity index (χ0) is 18.4. The number of fused-ring (bicyclic) bond motifs is 2. The molecule has 4 aliphatic rings. The van der Waals surface area contributed by atoms with Gasteiger partial charge >= 0.3 is 5.97 Å². The summed E-state index contributed by atoms with van der Waals surface area (Å²) < 4.78 is 17.7. The quantitative estimate of drug-likeness (QED) is 0.729. The topological polar surface area (TPSA) is 82.1 Å². The van der Waals surface area contributed by atoms with Crippen LogP contribution in [0.4, 0.5) is 0 Å². The van der Waals surface area contributed by atoms with E-state index < -0.39 is 35.0 Å². The highest BCUT2D eigenvalue weighted by Crippen LogP contribution is 2.60. The van der Waals surface area contributed by atoms with Crippen LogP contribution in [0, 0.1) is 17.3 Å². The summed E-state index contributed by atoms with van der Waals surface area (Å²) in [6.07, 6.45) is 2.52. The Morgan fingerprint density at radius 1 is 1.28 bits per heavy atom. The summed E-state index contributed by atoms with van der Waals surface area (Å²) in [6, 6.07) is 0.